The van der Waals surface area contributed by atoms with E-state index in [9.17, 15) is 13.2 Å². The van der Waals surface area contributed by atoms with Gasteiger partial charge in [-0.05, 0) is 61.4 Å². The number of hydrogen-bond donors (Lipinski definition) is 0. The Labute approximate surface area is 185 Å². The van der Waals surface area contributed by atoms with Crippen LogP contribution in [0.5, 0.6) is 5.75 Å². The third-order valence-electron chi connectivity index (χ3n) is 4.95. The third-order valence-corrected chi connectivity index (χ3v) is 8.41. The largest absolute Gasteiger partial charge is 0.484 e. The van der Waals surface area contributed by atoms with E-state index in [4.69, 9.17) is 16.3 Å². The van der Waals surface area contributed by atoms with Crippen LogP contribution >= 0.6 is 23.4 Å². The molecule has 0 radical (unpaired) electrons. The molecule has 2 fully saturated rings. The Bertz CT molecular complexity index is 1100. The molecule has 0 aliphatic carbocycles. The van der Waals surface area contributed by atoms with Crippen molar-refractivity contribution in [3.05, 3.63) is 58.6 Å². The maximum atomic E-state index is 12.5. The quantitative estimate of drug-likeness (QED) is 0.687. The summed E-state index contributed by atoms with van der Waals surface area (Å²) in [6.45, 7) is 3.77. The number of ether oxygens (including phenoxy) is 1. The van der Waals surface area contributed by atoms with E-state index >= 15 is 0 Å². The van der Waals surface area contributed by atoms with Crippen molar-refractivity contribution in [1.82, 2.24) is 0 Å². The van der Waals surface area contributed by atoms with Crippen LogP contribution in [0, 0.1) is 13.8 Å². The molecule has 0 aromatic heterocycles. The predicted molar refractivity (Wildman–Crippen MR) is 122 cm³/mol. The van der Waals surface area contributed by atoms with E-state index in [2.05, 4.69) is 11.1 Å². The minimum atomic E-state index is -3.11. The number of anilines is 1. The van der Waals surface area contributed by atoms with Gasteiger partial charge in [-0.25, -0.2) is 8.42 Å². The summed E-state index contributed by atoms with van der Waals surface area (Å²) < 4.78 is 29.9. The van der Waals surface area contributed by atoms with Crippen LogP contribution in [0.1, 0.15) is 11.1 Å². The molecular weight excluding hydrogens is 444 g/mol. The number of thioether (sulfide) groups is 1. The first-order valence-electron chi connectivity index (χ1n) is 9.45. The molecule has 0 bridgehead atoms. The van der Waals surface area contributed by atoms with Gasteiger partial charge in [0.05, 0.1) is 17.5 Å². The van der Waals surface area contributed by atoms with Gasteiger partial charge >= 0.3 is 0 Å². The number of hydrogen-bond acceptors (Lipinski definition) is 5. The highest BCUT2D eigenvalue weighted by Gasteiger charge is 2.49. The molecule has 2 aliphatic rings. The fourth-order valence-corrected chi connectivity index (χ4v) is 7.83. The first-order chi connectivity index (χ1) is 14.2. The Morgan fingerprint density at radius 3 is 2.50 bits per heavy atom. The molecule has 2 saturated heterocycles. The van der Waals surface area contributed by atoms with E-state index in [1.54, 1.807) is 24.3 Å². The zero-order valence-corrected chi connectivity index (χ0v) is 18.9. The van der Waals surface area contributed by atoms with Crippen molar-refractivity contribution in [3.8, 4) is 5.75 Å². The Balaban J connectivity index is 1.58. The zero-order chi connectivity index (χ0) is 21.5. The van der Waals surface area contributed by atoms with Gasteiger partial charge < -0.3 is 9.64 Å². The van der Waals surface area contributed by atoms with Crippen molar-refractivity contribution < 1.29 is 17.9 Å². The Hall–Kier alpha value is -2.03. The minimum Gasteiger partial charge on any atom is -0.484 e. The van der Waals surface area contributed by atoms with E-state index in [0.717, 1.165) is 16.8 Å². The standard InChI is InChI=1S/C21H21ClN2O4S2/c1-13-7-14(2)9-16(8-13)24-18-11-30(26,27)12-19(18)29-21(24)23-20(25)10-28-17-5-3-15(22)4-6-17/h3-9,18-19H,10-12H2,1-2H3/t18-,19-/m0/s1. The van der Waals surface area contributed by atoms with Gasteiger partial charge in [-0.2, -0.15) is 4.99 Å². The van der Waals surface area contributed by atoms with Gasteiger partial charge in [0.1, 0.15) is 5.75 Å². The minimum absolute atomic E-state index is 0.0616. The average molecular weight is 465 g/mol. The zero-order valence-electron chi connectivity index (χ0n) is 16.5. The molecule has 1 amide bonds. The van der Waals surface area contributed by atoms with Crippen LogP contribution in [0.3, 0.4) is 0 Å². The monoisotopic (exact) mass is 464 g/mol. The first kappa shape index (κ1) is 21.2. The summed E-state index contributed by atoms with van der Waals surface area (Å²) in [5.74, 6) is 0.260. The summed E-state index contributed by atoms with van der Waals surface area (Å²) in [5, 5.41) is 0.969. The van der Waals surface area contributed by atoms with Gasteiger partial charge in [-0.15, -0.1) is 0 Å². The number of aryl methyl sites for hydroxylation is 2. The normalized spacial score (nSPS) is 23.6. The van der Waals surface area contributed by atoms with Gasteiger partial charge in [0.25, 0.3) is 5.91 Å². The molecule has 0 spiro atoms. The third kappa shape index (κ3) is 4.66. The smallest absolute Gasteiger partial charge is 0.285 e. The van der Waals surface area contributed by atoms with Crippen molar-refractivity contribution in [2.24, 2.45) is 4.99 Å². The maximum absolute atomic E-state index is 12.5. The Morgan fingerprint density at radius 1 is 1.17 bits per heavy atom. The highest BCUT2D eigenvalue weighted by Crippen LogP contribution is 2.41. The highest BCUT2D eigenvalue weighted by atomic mass is 35.5. The first-order valence-corrected chi connectivity index (χ1v) is 12.5. The molecule has 0 saturated carbocycles. The number of rotatable bonds is 4. The van der Waals surface area contributed by atoms with Gasteiger partial charge in [-0.3, -0.25) is 4.79 Å². The second-order valence-corrected chi connectivity index (χ2v) is 11.3. The van der Waals surface area contributed by atoms with Crippen LogP contribution in [-0.4, -0.2) is 48.9 Å². The molecule has 2 atom stereocenters. The SMILES string of the molecule is Cc1cc(C)cc(N2C(=NC(=O)COc3ccc(Cl)cc3)S[C@H]3CS(=O)(=O)C[C@@H]32)c1. The van der Waals surface area contributed by atoms with Crippen molar-refractivity contribution in [2.45, 2.75) is 25.1 Å². The molecule has 30 heavy (non-hydrogen) atoms. The average Bonchev–Trinajstić information content (AvgIpc) is 3.11. The van der Waals surface area contributed by atoms with Crippen LogP contribution in [0.4, 0.5) is 5.69 Å². The Morgan fingerprint density at radius 2 is 1.83 bits per heavy atom. The van der Waals surface area contributed by atoms with E-state index in [-0.39, 0.29) is 29.4 Å². The number of aliphatic imine (C=N–C) groups is 1. The Kier molecular flexibility index (Phi) is 5.83. The lowest BCUT2D eigenvalue weighted by atomic mass is 10.1. The number of amides is 1. The van der Waals surface area contributed by atoms with Gasteiger partial charge in [0.2, 0.25) is 0 Å². The molecule has 158 valence electrons. The number of fused-ring (bicyclic) bond motifs is 1. The lowest BCUT2D eigenvalue weighted by Crippen LogP contribution is -2.38. The van der Waals surface area contributed by atoms with Crippen molar-refractivity contribution in [2.75, 3.05) is 23.0 Å². The fourth-order valence-electron chi connectivity index (χ4n) is 3.77. The van der Waals surface area contributed by atoms with Gasteiger partial charge in [-0.1, -0.05) is 29.4 Å². The van der Waals surface area contributed by atoms with Crippen molar-refractivity contribution in [1.29, 1.82) is 0 Å². The molecule has 9 heteroatoms. The molecule has 2 heterocycles. The second kappa shape index (κ2) is 8.24. The summed E-state index contributed by atoms with van der Waals surface area (Å²) >= 11 is 7.21. The molecule has 0 N–H and O–H groups in total. The number of benzene rings is 2. The van der Waals surface area contributed by atoms with Crippen molar-refractivity contribution >= 4 is 50.0 Å². The molecule has 2 aromatic carbocycles. The summed E-state index contributed by atoms with van der Waals surface area (Å²) in [6, 6.07) is 12.5. The van der Waals surface area contributed by atoms with Crippen LogP contribution < -0.4 is 9.64 Å². The summed E-state index contributed by atoms with van der Waals surface area (Å²) in [6.07, 6.45) is 0. The van der Waals surface area contributed by atoms with E-state index in [1.807, 2.05) is 30.9 Å². The second-order valence-electron chi connectivity index (χ2n) is 7.55. The number of sulfone groups is 1. The number of nitrogens with zero attached hydrogens (tertiary/aromatic N) is 2. The summed E-state index contributed by atoms with van der Waals surface area (Å²) in [4.78, 5) is 18.7. The van der Waals surface area contributed by atoms with Crippen LogP contribution in [0.25, 0.3) is 0 Å². The van der Waals surface area contributed by atoms with Crippen LogP contribution in [0.2, 0.25) is 5.02 Å². The van der Waals surface area contributed by atoms with E-state index in [1.165, 1.54) is 11.8 Å². The predicted octanol–water partition coefficient (Wildman–Crippen LogP) is 3.64. The number of carbonyl (C=O) groups is 1. The number of amidine groups is 1. The number of carbonyl (C=O) groups excluding carboxylic acids is 1. The lowest BCUT2D eigenvalue weighted by Gasteiger charge is -2.25. The summed E-state index contributed by atoms with van der Waals surface area (Å²) in [7, 11) is -3.11. The maximum Gasteiger partial charge on any atom is 0.285 e. The van der Waals surface area contributed by atoms with Gasteiger partial charge in [0, 0.05) is 16.0 Å². The van der Waals surface area contributed by atoms with E-state index in [0.29, 0.717) is 15.9 Å². The molecule has 0 unspecified atom stereocenters. The molecule has 2 aliphatic heterocycles. The summed E-state index contributed by atoms with van der Waals surface area (Å²) in [5.41, 5.74) is 2.99. The molecule has 2 aromatic rings. The highest BCUT2D eigenvalue weighted by molar-refractivity contribution is 8.16. The fraction of sp³-hybridized carbons (Fsp3) is 0.333. The van der Waals surface area contributed by atoms with E-state index < -0.39 is 15.7 Å². The molecule has 6 nitrogen and oxygen atoms in total. The molecule has 4 rings (SSSR count). The number of halogens is 1. The van der Waals surface area contributed by atoms with Crippen LogP contribution in [0.15, 0.2) is 47.5 Å². The molecular formula is C21H21ClN2O4S2. The lowest BCUT2D eigenvalue weighted by molar-refractivity contribution is -0.119. The van der Waals surface area contributed by atoms with Gasteiger partial charge in [0.15, 0.2) is 21.6 Å². The van der Waals surface area contributed by atoms with Crippen molar-refractivity contribution in [3.63, 3.8) is 0 Å². The topological polar surface area (TPSA) is 76.0 Å². The van der Waals surface area contributed by atoms with Crippen LogP contribution in [-0.2, 0) is 14.6 Å².